The molecule has 11 heteroatoms. The van der Waals surface area contributed by atoms with Crippen LogP contribution in [0, 0.1) is 28.4 Å². The third-order valence-corrected chi connectivity index (χ3v) is 7.34. The summed E-state index contributed by atoms with van der Waals surface area (Å²) in [7, 11) is -4.08. The average Bonchev–Trinajstić information content (AvgIpc) is 3.04. The number of pyridine rings is 1. The number of sulfonamides is 1. The number of alkyl halides is 3. The second-order valence-electron chi connectivity index (χ2n) is 8.33. The smallest absolute Gasteiger partial charge is 0.417 e. The number of fused-ring (bicyclic) bond motifs is 1. The Bertz CT molecular complexity index is 1180. The first-order valence-corrected chi connectivity index (χ1v) is 11.7. The quantitative estimate of drug-likeness (QED) is 0.673. The van der Waals surface area contributed by atoms with Crippen molar-refractivity contribution in [3.63, 3.8) is 0 Å². The lowest BCUT2D eigenvalue weighted by Gasteiger charge is -2.32. The van der Waals surface area contributed by atoms with Crippen LogP contribution in [-0.2, 0) is 16.2 Å². The van der Waals surface area contributed by atoms with E-state index in [2.05, 4.69) is 4.98 Å². The molecule has 3 N–H and O–H groups in total. The highest BCUT2D eigenvalue weighted by molar-refractivity contribution is 7.89. The topological polar surface area (TPSA) is 124 Å². The summed E-state index contributed by atoms with van der Waals surface area (Å²) >= 11 is 0. The summed E-state index contributed by atoms with van der Waals surface area (Å²) in [5, 5.41) is 27.2. The summed E-state index contributed by atoms with van der Waals surface area (Å²) in [4.78, 5) is 4.12. The number of nitrogens with two attached hydrogens (primary N) is 1. The summed E-state index contributed by atoms with van der Waals surface area (Å²) in [5.41, 5.74) is -1.06. The third-order valence-electron chi connectivity index (χ3n) is 6.53. The number of nitrogens with zero attached hydrogens (tertiary/aromatic N) is 2. The number of nitriles is 1. The molecule has 170 valence electrons. The first kappa shape index (κ1) is 22.7. The molecule has 1 aliphatic heterocycles. The molecule has 32 heavy (non-hydrogen) atoms. The Labute approximate surface area is 183 Å². The minimum atomic E-state index is -4.72. The number of nitrogens with one attached hydrogen (secondary N) is 1. The minimum absolute atomic E-state index is 0.158. The molecule has 2 aromatic rings. The third kappa shape index (κ3) is 3.99. The standard InChI is InChI=1S/C21H21F3N4O3S/c22-21(23,24)16-10-12(8-9-13(16)11-25)19-14-4-1-2-5-15(14)20(28(19)29)17-6-3-7-18(27-17)32(26,30)31/h3,6-10,14-15,19-20,28H,1-2,4-5H2,(H2,26,30,31). The van der Waals surface area contributed by atoms with Gasteiger partial charge in [-0.15, -0.1) is 0 Å². The van der Waals surface area contributed by atoms with Gasteiger partial charge in [0.15, 0.2) is 5.03 Å². The number of rotatable bonds is 3. The Morgan fingerprint density at radius 1 is 1.12 bits per heavy atom. The number of quaternary nitrogens is 1. The molecule has 1 aromatic carbocycles. The van der Waals surface area contributed by atoms with Crippen molar-refractivity contribution >= 4 is 10.0 Å². The Kier molecular flexibility index (Phi) is 5.75. The average molecular weight is 466 g/mol. The lowest BCUT2D eigenvalue weighted by Crippen LogP contribution is -3.06. The van der Waals surface area contributed by atoms with Gasteiger partial charge in [0.2, 0.25) is 0 Å². The summed E-state index contributed by atoms with van der Waals surface area (Å²) in [5.74, 6) is -0.343. The van der Waals surface area contributed by atoms with E-state index in [0.29, 0.717) is 12.8 Å². The van der Waals surface area contributed by atoms with E-state index in [4.69, 9.17) is 10.4 Å². The predicted molar refractivity (Wildman–Crippen MR) is 107 cm³/mol. The zero-order valence-electron chi connectivity index (χ0n) is 16.8. The first-order chi connectivity index (χ1) is 15.0. The Morgan fingerprint density at radius 3 is 2.38 bits per heavy atom. The maximum Gasteiger partial charge on any atom is 0.417 e. The van der Waals surface area contributed by atoms with Crippen molar-refractivity contribution in [3.8, 4) is 6.07 Å². The lowest BCUT2D eigenvalue weighted by atomic mass is 9.74. The lowest BCUT2D eigenvalue weighted by molar-refractivity contribution is -0.903. The molecule has 0 amide bonds. The Balaban J connectivity index is 1.80. The molecule has 1 aromatic heterocycles. The molecule has 5 unspecified atom stereocenters. The monoisotopic (exact) mass is 466 g/mol. The molecular weight excluding hydrogens is 445 g/mol. The molecule has 4 rings (SSSR count). The van der Waals surface area contributed by atoms with Gasteiger partial charge < -0.3 is 10.3 Å². The summed E-state index contributed by atoms with van der Waals surface area (Å²) < 4.78 is 64.0. The van der Waals surface area contributed by atoms with Crippen LogP contribution in [0.15, 0.2) is 41.4 Å². The fraction of sp³-hybridized carbons (Fsp3) is 0.429. The van der Waals surface area contributed by atoms with Gasteiger partial charge in [0, 0.05) is 17.4 Å². The molecule has 0 spiro atoms. The highest BCUT2D eigenvalue weighted by Crippen LogP contribution is 2.48. The van der Waals surface area contributed by atoms with E-state index in [1.807, 2.05) is 0 Å². The van der Waals surface area contributed by atoms with E-state index in [0.717, 1.165) is 25.0 Å². The number of aromatic nitrogens is 1. The fourth-order valence-corrected chi connectivity index (χ4v) is 5.76. The van der Waals surface area contributed by atoms with Crippen molar-refractivity contribution in [3.05, 3.63) is 64.0 Å². The van der Waals surface area contributed by atoms with E-state index in [1.54, 1.807) is 12.1 Å². The maximum atomic E-state index is 13.6. The van der Waals surface area contributed by atoms with Gasteiger partial charge in [-0.25, -0.2) is 18.5 Å². The summed E-state index contributed by atoms with van der Waals surface area (Å²) in [6.07, 6.45) is -1.63. The van der Waals surface area contributed by atoms with Gasteiger partial charge in [-0.2, -0.15) is 18.4 Å². The second-order valence-corrected chi connectivity index (χ2v) is 9.84. The second kappa shape index (κ2) is 8.12. The van der Waals surface area contributed by atoms with Crippen LogP contribution in [0.3, 0.4) is 0 Å². The van der Waals surface area contributed by atoms with Crippen LogP contribution in [-0.4, -0.2) is 13.4 Å². The van der Waals surface area contributed by atoms with Crippen LogP contribution in [0.25, 0.3) is 0 Å². The molecule has 5 atom stereocenters. The Hall–Kier alpha value is -2.52. The van der Waals surface area contributed by atoms with Gasteiger partial charge in [0.25, 0.3) is 10.0 Å². The van der Waals surface area contributed by atoms with Crippen LogP contribution in [0.1, 0.15) is 60.2 Å². The zero-order valence-corrected chi connectivity index (χ0v) is 17.7. The van der Waals surface area contributed by atoms with E-state index < -0.39 is 39.4 Å². The van der Waals surface area contributed by atoms with Gasteiger partial charge >= 0.3 is 6.18 Å². The van der Waals surface area contributed by atoms with Crippen LogP contribution in [0.2, 0.25) is 0 Å². The number of hydroxylamine groups is 2. The molecule has 0 bridgehead atoms. The van der Waals surface area contributed by atoms with E-state index in [9.17, 15) is 26.8 Å². The maximum absolute atomic E-state index is 13.6. The van der Waals surface area contributed by atoms with Crippen molar-refractivity contribution in [1.82, 2.24) is 4.98 Å². The van der Waals surface area contributed by atoms with Gasteiger partial charge in [-0.3, -0.25) is 0 Å². The largest absolute Gasteiger partial charge is 0.633 e. The van der Waals surface area contributed by atoms with Crippen LogP contribution in [0.5, 0.6) is 0 Å². The van der Waals surface area contributed by atoms with E-state index in [-0.39, 0.29) is 33.2 Å². The van der Waals surface area contributed by atoms with Crippen molar-refractivity contribution in [2.24, 2.45) is 17.0 Å². The number of hydrogen-bond acceptors (Lipinski definition) is 5. The van der Waals surface area contributed by atoms with E-state index >= 15 is 0 Å². The fourth-order valence-electron chi connectivity index (χ4n) is 5.26. The normalized spacial score (nSPS) is 28.2. The highest BCUT2D eigenvalue weighted by Gasteiger charge is 2.52. The molecule has 1 saturated heterocycles. The molecule has 7 nitrogen and oxygen atoms in total. The number of halogens is 3. The molecule has 1 saturated carbocycles. The van der Waals surface area contributed by atoms with Crippen molar-refractivity contribution < 1.29 is 26.7 Å². The van der Waals surface area contributed by atoms with Crippen LogP contribution >= 0.6 is 0 Å². The minimum Gasteiger partial charge on any atom is -0.633 e. The summed E-state index contributed by atoms with van der Waals surface area (Å²) in [6, 6.07) is 7.75. The van der Waals surface area contributed by atoms with Crippen LogP contribution < -0.4 is 10.2 Å². The highest BCUT2D eigenvalue weighted by atomic mass is 32.2. The predicted octanol–water partition coefficient (Wildman–Crippen LogP) is 2.60. The number of primary sulfonamides is 1. The van der Waals surface area contributed by atoms with Gasteiger partial charge in [0.05, 0.1) is 22.9 Å². The summed E-state index contributed by atoms with van der Waals surface area (Å²) in [6.45, 7) is 0. The first-order valence-electron chi connectivity index (χ1n) is 10.2. The van der Waals surface area contributed by atoms with Crippen molar-refractivity contribution in [1.29, 1.82) is 5.26 Å². The van der Waals surface area contributed by atoms with Crippen molar-refractivity contribution in [2.75, 3.05) is 0 Å². The molecule has 1 aliphatic carbocycles. The van der Waals surface area contributed by atoms with Gasteiger partial charge in [-0.1, -0.05) is 25.0 Å². The molecule has 2 aliphatic rings. The van der Waals surface area contributed by atoms with Gasteiger partial charge in [-0.05, 0) is 37.1 Å². The zero-order chi connectivity index (χ0) is 23.3. The number of benzene rings is 1. The molecule has 0 radical (unpaired) electrons. The number of hydrogen-bond donors (Lipinski definition) is 2. The van der Waals surface area contributed by atoms with E-state index in [1.165, 1.54) is 18.2 Å². The van der Waals surface area contributed by atoms with Gasteiger partial charge in [0.1, 0.15) is 12.1 Å². The van der Waals surface area contributed by atoms with Crippen LogP contribution in [0.4, 0.5) is 13.2 Å². The Morgan fingerprint density at radius 2 is 1.78 bits per heavy atom. The SMILES string of the molecule is N#Cc1ccc(C2C3CCCCC3C(c3cccc(S(N)(=O)=O)n3)[NH+]2[O-])cc1C(F)(F)F. The molecule has 2 heterocycles. The van der Waals surface area contributed by atoms with Crippen molar-refractivity contribution in [2.45, 2.75) is 49.0 Å². The molecule has 2 fully saturated rings. The molecular formula is C21H21F3N4O3S.